The second-order valence-electron chi connectivity index (χ2n) is 6.60. The summed E-state index contributed by atoms with van der Waals surface area (Å²) in [6.45, 7) is 4.53. The molecule has 0 aliphatic rings. The minimum atomic E-state index is -0.986. The van der Waals surface area contributed by atoms with Gasteiger partial charge in [0.2, 0.25) is 0 Å². The van der Waals surface area contributed by atoms with E-state index in [2.05, 4.69) is 0 Å². The molecule has 0 aromatic carbocycles. The van der Waals surface area contributed by atoms with E-state index in [1.807, 2.05) is 6.92 Å². The van der Waals surface area contributed by atoms with Gasteiger partial charge >= 0.3 is 0 Å². The summed E-state index contributed by atoms with van der Waals surface area (Å²) in [4.78, 5) is 0. The van der Waals surface area contributed by atoms with Crippen molar-refractivity contribution in [2.45, 2.75) is 83.4 Å². The highest BCUT2D eigenvalue weighted by atomic mass is 16.4. The number of unbranched alkanes of at least 4 members (excludes halogenated alkanes) is 1. The van der Waals surface area contributed by atoms with Crippen LogP contribution in [0, 0.1) is 0 Å². The molecule has 0 saturated heterocycles. The fourth-order valence-electron chi connectivity index (χ4n) is 0.932. The SMILES string of the molecule is CC(O)C(O)CO.CC(O)CCO.CCC(O)CO.OCCC(O)CO.OCCCCO. The van der Waals surface area contributed by atoms with Crippen molar-refractivity contribution in [1.29, 1.82) is 0 Å². The molecule has 202 valence electrons. The largest absolute Gasteiger partial charge is 0.396 e. The van der Waals surface area contributed by atoms with E-state index >= 15 is 0 Å². The molecule has 0 fully saturated rings. The Morgan fingerprint density at radius 3 is 1.00 bits per heavy atom. The summed E-state index contributed by atoms with van der Waals surface area (Å²) in [5, 5.41) is 98.7. The Morgan fingerprint density at radius 2 is 0.938 bits per heavy atom. The molecular weight excluding hydrogens is 432 g/mol. The van der Waals surface area contributed by atoms with E-state index in [4.69, 9.17) is 61.3 Å². The van der Waals surface area contributed by atoms with Crippen LogP contribution < -0.4 is 0 Å². The molecule has 0 rings (SSSR count). The zero-order chi connectivity index (χ0) is 26.4. The third kappa shape index (κ3) is 57.0. The number of rotatable bonds is 12. The van der Waals surface area contributed by atoms with Crippen LogP contribution in [0.3, 0.4) is 0 Å². The number of hydrogen-bond acceptors (Lipinski definition) is 12. The Balaban J connectivity index is -0.0000000951. The van der Waals surface area contributed by atoms with Crippen LogP contribution in [-0.4, -0.2) is 138 Å². The highest BCUT2D eigenvalue weighted by Gasteiger charge is 2.06. The summed E-state index contributed by atoms with van der Waals surface area (Å²) < 4.78 is 0. The lowest BCUT2D eigenvalue weighted by Crippen LogP contribution is -2.25. The molecule has 0 amide bonds. The third-order valence-electron chi connectivity index (χ3n) is 3.21. The van der Waals surface area contributed by atoms with Gasteiger partial charge in [0, 0.05) is 26.4 Å². The van der Waals surface area contributed by atoms with E-state index in [0.717, 1.165) is 12.8 Å². The van der Waals surface area contributed by atoms with Crippen LogP contribution in [-0.2, 0) is 0 Å². The number of aliphatic hydroxyl groups is 12. The molecule has 12 N–H and O–H groups in total. The molecule has 0 saturated carbocycles. The molecule has 0 spiro atoms. The summed E-state index contributed by atoms with van der Waals surface area (Å²) in [7, 11) is 0. The summed E-state index contributed by atoms with van der Waals surface area (Å²) in [5.41, 5.74) is 0. The zero-order valence-electron chi connectivity index (χ0n) is 19.7. The van der Waals surface area contributed by atoms with Crippen LogP contribution in [0.1, 0.15) is 52.9 Å². The predicted molar refractivity (Wildman–Crippen MR) is 120 cm³/mol. The molecule has 0 radical (unpaired) electrons. The summed E-state index contributed by atoms with van der Waals surface area (Å²) >= 11 is 0. The van der Waals surface area contributed by atoms with Crippen molar-refractivity contribution in [3.63, 3.8) is 0 Å². The first-order valence-corrected chi connectivity index (χ1v) is 10.6. The summed E-state index contributed by atoms with van der Waals surface area (Å²) in [6, 6.07) is 0. The maximum absolute atomic E-state index is 8.45. The number of hydrogen-bond donors (Lipinski definition) is 12. The van der Waals surface area contributed by atoms with E-state index in [1.54, 1.807) is 6.92 Å². The van der Waals surface area contributed by atoms with Crippen molar-refractivity contribution < 1.29 is 61.3 Å². The highest BCUT2D eigenvalue weighted by molar-refractivity contribution is 4.57. The second kappa shape index (κ2) is 37.8. The maximum atomic E-state index is 8.45. The van der Waals surface area contributed by atoms with Gasteiger partial charge in [-0.3, -0.25) is 0 Å². The first-order valence-electron chi connectivity index (χ1n) is 10.6. The van der Waals surface area contributed by atoms with Gasteiger partial charge < -0.3 is 61.3 Å². The van der Waals surface area contributed by atoms with Gasteiger partial charge in [-0.1, -0.05) is 6.92 Å². The van der Waals surface area contributed by atoms with Gasteiger partial charge in [0.05, 0.1) is 44.2 Å². The Kier molecular flexibility index (Phi) is 49.3. The van der Waals surface area contributed by atoms with Crippen molar-refractivity contribution in [1.82, 2.24) is 0 Å². The van der Waals surface area contributed by atoms with Gasteiger partial charge in [0.1, 0.15) is 6.10 Å². The Labute approximate surface area is 191 Å². The average Bonchev–Trinajstić information content (AvgIpc) is 2.78. The van der Waals surface area contributed by atoms with Crippen LogP contribution in [0.5, 0.6) is 0 Å². The molecular formula is C20H50O12. The monoisotopic (exact) mass is 482 g/mol. The van der Waals surface area contributed by atoms with Gasteiger partial charge in [-0.25, -0.2) is 0 Å². The zero-order valence-corrected chi connectivity index (χ0v) is 19.7. The molecule has 12 heteroatoms. The van der Waals surface area contributed by atoms with Gasteiger partial charge in [0.25, 0.3) is 0 Å². The first kappa shape index (κ1) is 41.7. The van der Waals surface area contributed by atoms with Crippen molar-refractivity contribution in [2.24, 2.45) is 0 Å². The average molecular weight is 483 g/mol. The van der Waals surface area contributed by atoms with Gasteiger partial charge in [-0.05, 0) is 46.0 Å². The van der Waals surface area contributed by atoms with Crippen LogP contribution in [0.2, 0.25) is 0 Å². The highest BCUT2D eigenvalue weighted by Crippen LogP contribution is 1.87. The maximum Gasteiger partial charge on any atom is 0.103 e. The molecule has 0 bridgehead atoms. The normalized spacial score (nSPS) is 14.3. The first-order chi connectivity index (χ1) is 15.0. The lowest BCUT2D eigenvalue weighted by molar-refractivity contribution is -0.00425. The molecule has 0 aromatic rings. The lowest BCUT2D eigenvalue weighted by atomic mass is 10.2. The summed E-state index contributed by atoms with van der Waals surface area (Å²) in [6.07, 6.45) is -0.602. The van der Waals surface area contributed by atoms with E-state index in [-0.39, 0.29) is 58.8 Å². The fraction of sp³-hybridized carbons (Fsp3) is 1.00. The van der Waals surface area contributed by atoms with Crippen molar-refractivity contribution >= 4 is 0 Å². The van der Waals surface area contributed by atoms with Crippen molar-refractivity contribution in [3.05, 3.63) is 0 Å². The van der Waals surface area contributed by atoms with E-state index in [0.29, 0.717) is 12.8 Å². The molecule has 0 heterocycles. The van der Waals surface area contributed by atoms with Gasteiger partial charge in [-0.2, -0.15) is 0 Å². The van der Waals surface area contributed by atoms with E-state index in [1.165, 1.54) is 6.92 Å². The standard InChI is InChI=1S/2C4H10O3.3C4H10O2/c1-3(6)4(7)2-5;5-2-1-4(7)3-6;1-4(6)2-3-5;1-2-4(6)3-5;5-3-1-2-4-6/h3-7H,2H2,1H3;4-7H,1-3H2;2*4-6H,2-3H2,1H3;5-6H,1-4H2. The Bertz CT molecular complexity index is 275. The quantitative estimate of drug-likeness (QED) is 0.122. The topological polar surface area (TPSA) is 243 Å². The second-order valence-corrected chi connectivity index (χ2v) is 6.60. The minimum Gasteiger partial charge on any atom is -0.396 e. The molecule has 5 unspecified atom stereocenters. The Morgan fingerprint density at radius 1 is 0.531 bits per heavy atom. The van der Waals surface area contributed by atoms with Gasteiger partial charge in [-0.15, -0.1) is 0 Å². The number of aliphatic hydroxyl groups excluding tert-OH is 12. The lowest BCUT2D eigenvalue weighted by Gasteiger charge is -2.07. The van der Waals surface area contributed by atoms with E-state index < -0.39 is 24.4 Å². The van der Waals surface area contributed by atoms with Crippen molar-refractivity contribution in [3.8, 4) is 0 Å². The van der Waals surface area contributed by atoms with Crippen molar-refractivity contribution in [2.75, 3.05) is 46.2 Å². The third-order valence-corrected chi connectivity index (χ3v) is 3.21. The fourth-order valence-corrected chi connectivity index (χ4v) is 0.932. The minimum absolute atomic E-state index is 0.0677. The summed E-state index contributed by atoms with van der Waals surface area (Å²) in [5.74, 6) is 0. The molecule has 0 aliphatic carbocycles. The molecule has 0 aromatic heterocycles. The predicted octanol–water partition coefficient (Wildman–Crippen LogP) is -3.31. The van der Waals surface area contributed by atoms with E-state index in [9.17, 15) is 0 Å². The Hall–Kier alpha value is -0.480. The van der Waals surface area contributed by atoms with Crippen LogP contribution in [0.15, 0.2) is 0 Å². The smallest absolute Gasteiger partial charge is 0.103 e. The molecule has 0 aliphatic heterocycles. The van der Waals surface area contributed by atoms with Crippen LogP contribution >= 0.6 is 0 Å². The molecule has 5 atom stereocenters. The van der Waals surface area contributed by atoms with Crippen LogP contribution in [0.4, 0.5) is 0 Å². The van der Waals surface area contributed by atoms with Crippen LogP contribution in [0.25, 0.3) is 0 Å². The molecule has 12 nitrogen and oxygen atoms in total. The molecule has 32 heavy (non-hydrogen) atoms. The van der Waals surface area contributed by atoms with Gasteiger partial charge in [0.15, 0.2) is 0 Å².